The van der Waals surface area contributed by atoms with Crippen LogP contribution in [0.3, 0.4) is 0 Å². The molecule has 0 aliphatic heterocycles. The lowest BCUT2D eigenvalue weighted by atomic mass is 9.92. The third-order valence-electron chi connectivity index (χ3n) is 3.83. The minimum atomic E-state index is 0.301. The Morgan fingerprint density at radius 3 is 3.11 bits per heavy atom. The lowest BCUT2D eigenvalue weighted by Gasteiger charge is -2.26. The van der Waals surface area contributed by atoms with Crippen molar-refractivity contribution in [2.24, 2.45) is 7.05 Å². The third kappa shape index (κ3) is 2.44. The fraction of sp³-hybridized carbons (Fsp3) is 0.571. The third-order valence-corrected chi connectivity index (χ3v) is 4.98. The largest absolute Gasteiger partial charge is 0.301 e. The Kier molecular flexibility index (Phi) is 3.41. The molecule has 2 atom stereocenters. The maximum Gasteiger partial charge on any atom is 0.110 e. The molecule has 2 unspecified atom stereocenters. The van der Waals surface area contributed by atoms with E-state index < -0.39 is 0 Å². The molecular weight excluding hydrogens is 256 g/mol. The zero-order valence-corrected chi connectivity index (χ0v) is 12.5. The maximum absolute atomic E-state index is 4.57. The Hall–Kier alpha value is -1.20. The standard InChI is InChI=1S/C14H20N4S/c1-9-8-19-14(16-9)10(2)17-12-5-4-6-13-11(12)7-15-18(13)3/h7-8,10,12,17H,4-6H2,1-3H3. The van der Waals surface area contributed by atoms with Crippen molar-refractivity contribution in [1.82, 2.24) is 20.1 Å². The molecule has 4 nitrogen and oxygen atoms in total. The predicted molar refractivity (Wildman–Crippen MR) is 77.3 cm³/mol. The Balaban J connectivity index is 1.77. The molecule has 2 heterocycles. The van der Waals surface area contributed by atoms with E-state index in [1.165, 1.54) is 29.1 Å². The average molecular weight is 276 g/mol. The molecule has 0 amide bonds. The van der Waals surface area contributed by atoms with Crippen LogP contribution in [0.25, 0.3) is 0 Å². The van der Waals surface area contributed by atoms with E-state index in [0.29, 0.717) is 12.1 Å². The molecule has 3 rings (SSSR count). The van der Waals surface area contributed by atoms with Crippen LogP contribution in [0.1, 0.15) is 53.8 Å². The van der Waals surface area contributed by atoms with Crippen LogP contribution in [-0.2, 0) is 13.5 Å². The summed E-state index contributed by atoms with van der Waals surface area (Å²) >= 11 is 1.74. The van der Waals surface area contributed by atoms with Gasteiger partial charge in [0.15, 0.2) is 0 Å². The zero-order valence-electron chi connectivity index (χ0n) is 11.7. The van der Waals surface area contributed by atoms with Gasteiger partial charge in [-0.15, -0.1) is 11.3 Å². The minimum Gasteiger partial charge on any atom is -0.301 e. The number of rotatable bonds is 3. The minimum absolute atomic E-state index is 0.301. The van der Waals surface area contributed by atoms with Crippen molar-refractivity contribution in [1.29, 1.82) is 0 Å². The second kappa shape index (κ2) is 5.06. The molecule has 2 aromatic heterocycles. The summed E-state index contributed by atoms with van der Waals surface area (Å²) < 4.78 is 2.02. The first kappa shape index (κ1) is 12.8. The normalized spacial score (nSPS) is 20.3. The molecule has 5 heteroatoms. The summed E-state index contributed by atoms with van der Waals surface area (Å²) in [6, 6.07) is 0.714. The lowest BCUT2D eigenvalue weighted by molar-refractivity contribution is 0.410. The van der Waals surface area contributed by atoms with Crippen molar-refractivity contribution in [2.45, 2.75) is 45.2 Å². The van der Waals surface area contributed by atoms with Crippen LogP contribution < -0.4 is 5.32 Å². The number of aryl methyl sites for hydroxylation is 2. The van der Waals surface area contributed by atoms with Gasteiger partial charge >= 0.3 is 0 Å². The molecule has 0 saturated heterocycles. The van der Waals surface area contributed by atoms with Gasteiger partial charge in [-0.3, -0.25) is 4.68 Å². The highest BCUT2D eigenvalue weighted by Crippen LogP contribution is 2.31. The average Bonchev–Trinajstić information content (AvgIpc) is 2.98. The van der Waals surface area contributed by atoms with E-state index in [1.807, 2.05) is 24.9 Å². The van der Waals surface area contributed by atoms with Gasteiger partial charge in [-0.25, -0.2) is 4.98 Å². The summed E-state index contributed by atoms with van der Waals surface area (Å²) in [5.74, 6) is 0. The summed E-state index contributed by atoms with van der Waals surface area (Å²) in [6.07, 6.45) is 5.59. The Bertz CT molecular complexity index is 572. The van der Waals surface area contributed by atoms with Crippen LogP contribution in [0.15, 0.2) is 11.6 Å². The van der Waals surface area contributed by atoms with Crippen LogP contribution in [0, 0.1) is 6.92 Å². The van der Waals surface area contributed by atoms with Gasteiger partial charge in [-0.05, 0) is 33.1 Å². The van der Waals surface area contributed by atoms with Gasteiger partial charge in [0.25, 0.3) is 0 Å². The predicted octanol–water partition coefficient (Wildman–Crippen LogP) is 2.91. The van der Waals surface area contributed by atoms with Crippen LogP contribution >= 0.6 is 11.3 Å². The zero-order chi connectivity index (χ0) is 13.4. The summed E-state index contributed by atoms with van der Waals surface area (Å²) in [5, 5.41) is 11.4. The number of hydrogen-bond donors (Lipinski definition) is 1. The van der Waals surface area contributed by atoms with Crippen LogP contribution in [0.5, 0.6) is 0 Å². The number of hydrogen-bond acceptors (Lipinski definition) is 4. The Morgan fingerprint density at radius 2 is 2.37 bits per heavy atom. The van der Waals surface area contributed by atoms with Crippen molar-refractivity contribution in [3.05, 3.63) is 33.5 Å². The number of fused-ring (bicyclic) bond motifs is 1. The molecule has 0 fully saturated rings. The first-order valence-electron chi connectivity index (χ1n) is 6.84. The van der Waals surface area contributed by atoms with Crippen LogP contribution in [-0.4, -0.2) is 14.8 Å². The van der Waals surface area contributed by atoms with Crippen LogP contribution in [0.2, 0.25) is 0 Å². The number of nitrogens with zero attached hydrogens (tertiary/aromatic N) is 3. The molecule has 1 aliphatic carbocycles. The van der Waals surface area contributed by atoms with Gasteiger partial charge in [-0.1, -0.05) is 0 Å². The molecule has 1 N–H and O–H groups in total. The Labute approximate surface area is 117 Å². The maximum atomic E-state index is 4.57. The molecule has 0 spiro atoms. The summed E-state index contributed by atoms with van der Waals surface area (Å²) in [5.41, 5.74) is 3.86. The smallest absolute Gasteiger partial charge is 0.110 e. The van der Waals surface area contributed by atoms with E-state index in [0.717, 1.165) is 12.1 Å². The topological polar surface area (TPSA) is 42.7 Å². The molecule has 0 bridgehead atoms. The van der Waals surface area contributed by atoms with Crippen molar-refractivity contribution in [2.75, 3.05) is 0 Å². The quantitative estimate of drug-likeness (QED) is 0.937. The van der Waals surface area contributed by atoms with Gasteiger partial charge in [-0.2, -0.15) is 5.10 Å². The van der Waals surface area contributed by atoms with Gasteiger partial charge in [0.1, 0.15) is 5.01 Å². The van der Waals surface area contributed by atoms with E-state index in [9.17, 15) is 0 Å². The molecule has 1 aliphatic rings. The van der Waals surface area contributed by atoms with Gasteiger partial charge in [0, 0.05) is 35.4 Å². The first-order chi connectivity index (χ1) is 9.15. The van der Waals surface area contributed by atoms with Crippen molar-refractivity contribution >= 4 is 11.3 Å². The summed E-state index contributed by atoms with van der Waals surface area (Å²) in [4.78, 5) is 4.57. The van der Waals surface area contributed by atoms with E-state index in [4.69, 9.17) is 0 Å². The number of aromatic nitrogens is 3. The van der Waals surface area contributed by atoms with E-state index in [2.05, 4.69) is 27.7 Å². The van der Waals surface area contributed by atoms with Gasteiger partial charge < -0.3 is 5.32 Å². The van der Waals surface area contributed by atoms with Gasteiger partial charge in [0.2, 0.25) is 0 Å². The van der Waals surface area contributed by atoms with Crippen molar-refractivity contribution < 1.29 is 0 Å². The molecule has 0 saturated carbocycles. The Morgan fingerprint density at radius 1 is 1.53 bits per heavy atom. The second-order valence-electron chi connectivity index (χ2n) is 5.33. The molecule has 102 valence electrons. The van der Waals surface area contributed by atoms with E-state index in [1.54, 1.807) is 11.3 Å². The van der Waals surface area contributed by atoms with Crippen molar-refractivity contribution in [3.63, 3.8) is 0 Å². The number of thiazole rings is 1. The monoisotopic (exact) mass is 276 g/mol. The highest BCUT2D eigenvalue weighted by atomic mass is 32.1. The molecule has 0 radical (unpaired) electrons. The highest BCUT2D eigenvalue weighted by molar-refractivity contribution is 7.09. The number of nitrogens with one attached hydrogen (secondary N) is 1. The molecule has 2 aromatic rings. The first-order valence-corrected chi connectivity index (χ1v) is 7.72. The van der Waals surface area contributed by atoms with Gasteiger partial charge in [0.05, 0.1) is 12.2 Å². The molecule has 0 aromatic carbocycles. The van der Waals surface area contributed by atoms with E-state index in [-0.39, 0.29) is 0 Å². The van der Waals surface area contributed by atoms with Crippen molar-refractivity contribution in [3.8, 4) is 0 Å². The highest BCUT2D eigenvalue weighted by Gasteiger charge is 2.25. The molecule has 19 heavy (non-hydrogen) atoms. The fourth-order valence-corrected chi connectivity index (χ4v) is 3.64. The second-order valence-corrected chi connectivity index (χ2v) is 6.22. The fourth-order valence-electron chi connectivity index (χ4n) is 2.82. The summed E-state index contributed by atoms with van der Waals surface area (Å²) in [7, 11) is 2.04. The molecular formula is C14H20N4S. The van der Waals surface area contributed by atoms with Crippen LogP contribution in [0.4, 0.5) is 0 Å². The van der Waals surface area contributed by atoms with E-state index >= 15 is 0 Å². The summed E-state index contributed by atoms with van der Waals surface area (Å²) in [6.45, 7) is 4.25. The SMILES string of the molecule is Cc1csc(C(C)NC2CCCc3c2cnn3C)n1. The lowest BCUT2D eigenvalue weighted by Crippen LogP contribution is -2.27.